The fourth-order valence-corrected chi connectivity index (χ4v) is 4.44. The summed E-state index contributed by atoms with van der Waals surface area (Å²) in [7, 11) is 0. The highest BCUT2D eigenvalue weighted by Crippen LogP contribution is 2.44. The van der Waals surface area contributed by atoms with Gasteiger partial charge in [0.05, 0.1) is 6.04 Å². The normalized spacial score (nSPS) is 19.1. The molecular formula is C23H18N4O3. The molecule has 2 aliphatic rings. The molecule has 2 bridgehead atoms. The van der Waals surface area contributed by atoms with Crippen molar-refractivity contribution < 1.29 is 9.53 Å². The summed E-state index contributed by atoms with van der Waals surface area (Å²) >= 11 is 0. The number of nitrogens with one attached hydrogen (secondary N) is 1. The van der Waals surface area contributed by atoms with Crippen molar-refractivity contribution >= 4 is 5.91 Å². The molecule has 5 rings (SSSR count). The number of hydrogen-bond acceptors (Lipinski definition) is 5. The first-order chi connectivity index (χ1) is 14.7. The van der Waals surface area contributed by atoms with Crippen molar-refractivity contribution in [3.63, 3.8) is 0 Å². The van der Waals surface area contributed by atoms with E-state index in [9.17, 15) is 14.9 Å². The number of aromatic nitrogens is 2. The number of benzene rings is 1. The van der Waals surface area contributed by atoms with E-state index < -0.39 is 0 Å². The van der Waals surface area contributed by atoms with Gasteiger partial charge in [-0.25, -0.2) is 4.98 Å². The molecule has 7 heteroatoms. The maximum absolute atomic E-state index is 13.5. The standard InChI is InChI=1S/C23H18N4O3/c24-13-14-11-17-18(26-22(14)28)12-15-8-9-19(17)27(15)23(29)21-20(7-4-10-25-21)30-16-5-2-1-3-6-16/h1-7,10-11,15,19H,8-9,12H2,(H,26,28). The van der Waals surface area contributed by atoms with E-state index in [1.54, 1.807) is 24.4 Å². The highest BCUT2D eigenvalue weighted by molar-refractivity contribution is 5.96. The molecular weight excluding hydrogens is 380 g/mol. The summed E-state index contributed by atoms with van der Waals surface area (Å²) in [4.78, 5) is 34.6. The zero-order valence-electron chi connectivity index (χ0n) is 16.0. The molecule has 2 aromatic heterocycles. The Bertz CT molecular complexity index is 1230. The monoisotopic (exact) mass is 398 g/mol. The zero-order chi connectivity index (χ0) is 20.7. The molecule has 3 aromatic rings. The average molecular weight is 398 g/mol. The minimum atomic E-state index is -0.376. The molecule has 0 radical (unpaired) electrons. The summed E-state index contributed by atoms with van der Waals surface area (Å²) in [5.41, 5.74) is 1.61. The van der Waals surface area contributed by atoms with Crippen molar-refractivity contribution in [2.45, 2.75) is 31.3 Å². The van der Waals surface area contributed by atoms with E-state index in [0.29, 0.717) is 17.9 Å². The molecule has 2 unspecified atom stereocenters. The fraction of sp³-hybridized carbons (Fsp3) is 0.217. The number of hydrogen-bond donors (Lipinski definition) is 1. The maximum Gasteiger partial charge on any atom is 0.277 e. The van der Waals surface area contributed by atoms with E-state index >= 15 is 0 Å². The van der Waals surface area contributed by atoms with Gasteiger partial charge >= 0.3 is 0 Å². The minimum Gasteiger partial charge on any atom is -0.455 e. The molecule has 1 saturated heterocycles. The maximum atomic E-state index is 13.5. The van der Waals surface area contributed by atoms with Crippen LogP contribution in [0, 0.1) is 11.3 Å². The van der Waals surface area contributed by atoms with Gasteiger partial charge in [0.2, 0.25) is 0 Å². The smallest absolute Gasteiger partial charge is 0.277 e. The molecule has 1 fully saturated rings. The second-order valence-corrected chi connectivity index (χ2v) is 7.49. The molecule has 4 heterocycles. The van der Waals surface area contributed by atoms with Gasteiger partial charge in [-0.2, -0.15) is 5.26 Å². The van der Waals surface area contributed by atoms with Crippen LogP contribution in [0.25, 0.3) is 0 Å². The number of aromatic amines is 1. The lowest BCUT2D eigenvalue weighted by molar-refractivity contribution is 0.0635. The fourth-order valence-electron chi connectivity index (χ4n) is 4.44. The number of rotatable bonds is 3. The second-order valence-electron chi connectivity index (χ2n) is 7.49. The van der Waals surface area contributed by atoms with Gasteiger partial charge < -0.3 is 14.6 Å². The molecule has 1 aromatic carbocycles. The number of H-pyrrole nitrogens is 1. The number of para-hydroxylation sites is 1. The van der Waals surface area contributed by atoms with Crippen molar-refractivity contribution in [3.8, 4) is 17.6 Å². The Balaban J connectivity index is 1.51. The second kappa shape index (κ2) is 7.16. The van der Waals surface area contributed by atoms with Crippen molar-refractivity contribution in [2.75, 3.05) is 0 Å². The highest BCUT2D eigenvalue weighted by atomic mass is 16.5. The topological polar surface area (TPSA) is 99.1 Å². The average Bonchev–Trinajstić information content (AvgIpc) is 3.09. The quantitative estimate of drug-likeness (QED) is 0.730. The van der Waals surface area contributed by atoms with Gasteiger partial charge in [-0.05, 0) is 48.7 Å². The van der Waals surface area contributed by atoms with Gasteiger partial charge in [0.15, 0.2) is 11.4 Å². The number of pyridine rings is 2. The predicted octanol–water partition coefficient (Wildman–Crippen LogP) is 3.34. The predicted molar refractivity (Wildman–Crippen MR) is 108 cm³/mol. The van der Waals surface area contributed by atoms with Crippen LogP contribution in [0.2, 0.25) is 0 Å². The van der Waals surface area contributed by atoms with Gasteiger partial charge in [-0.15, -0.1) is 0 Å². The van der Waals surface area contributed by atoms with E-state index in [1.807, 2.05) is 41.3 Å². The van der Waals surface area contributed by atoms with Gasteiger partial charge in [-0.1, -0.05) is 18.2 Å². The Morgan fingerprint density at radius 3 is 2.83 bits per heavy atom. The van der Waals surface area contributed by atoms with E-state index in [4.69, 9.17) is 4.74 Å². The van der Waals surface area contributed by atoms with Crippen LogP contribution in [0.15, 0.2) is 59.5 Å². The molecule has 0 saturated carbocycles. The number of nitrogens with zero attached hydrogens (tertiary/aromatic N) is 3. The van der Waals surface area contributed by atoms with Crippen molar-refractivity contribution in [1.82, 2.24) is 14.9 Å². The molecule has 30 heavy (non-hydrogen) atoms. The summed E-state index contributed by atoms with van der Waals surface area (Å²) in [6, 6.07) is 16.1. The third-order valence-electron chi connectivity index (χ3n) is 5.76. The Morgan fingerprint density at radius 2 is 2.03 bits per heavy atom. The number of fused-ring (bicyclic) bond motifs is 4. The molecule has 148 valence electrons. The van der Waals surface area contributed by atoms with Crippen LogP contribution in [-0.2, 0) is 6.42 Å². The first kappa shape index (κ1) is 18.1. The van der Waals surface area contributed by atoms with Crippen molar-refractivity contribution in [1.29, 1.82) is 5.26 Å². The number of carbonyl (C=O) groups is 1. The molecule has 2 atom stereocenters. The third-order valence-corrected chi connectivity index (χ3v) is 5.76. The SMILES string of the molecule is N#Cc1cc2c([nH]c1=O)CC1CCC2N1C(=O)c1ncccc1Oc1ccccc1. The number of carbonyl (C=O) groups excluding carboxylic acids is 1. The Hall–Kier alpha value is -3.92. The van der Waals surface area contributed by atoms with Crippen LogP contribution in [-0.4, -0.2) is 26.8 Å². The van der Waals surface area contributed by atoms with E-state index in [-0.39, 0.29) is 34.8 Å². The summed E-state index contributed by atoms with van der Waals surface area (Å²) in [5.74, 6) is 0.824. The Kier molecular flexibility index (Phi) is 4.32. The number of nitriles is 1. The molecule has 7 nitrogen and oxygen atoms in total. The molecule has 1 N–H and O–H groups in total. The van der Waals surface area contributed by atoms with Gasteiger partial charge in [0.1, 0.15) is 17.4 Å². The number of amides is 1. The van der Waals surface area contributed by atoms with Crippen molar-refractivity contribution in [3.05, 3.63) is 87.6 Å². The lowest BCUT2D eigenvalue weighted by Gasteiger charge is -2.36. The summed E-state index contributed by atoms with van der Waals surface area (Å²) in [6.07, 6.45) is 3.75. The zero-order valence-corrected chi connectivity index (χ0v) is 16.0. The van der Waals surface area contributed by atoms with Crippen LogP contribution >= 0.6 is 0 Å². The van der Waals surface area contributed by atoms with E-state index in [1.165, 1.54) is 0 Å². The lowest BCUT2D eigenvalue weighted by atomic mass is 9.96. The first-order valence-electron chi connectivity index (χ1n) is 9.82. The van der Waals surface area contributed by atoms with Crippen LogP contribution in [0.4, 0.5) is 0 Å². The first-order valence-corrected chi connectivity index (χ1v) is 9.82. The molecule has 2 aliphatic heterocycles. The summed E-state index contributed by atoms with van der Waals surface area (Å²) < 4.78 is 5.93. The van der Waals surface area contributed by atoms with E-state index in [0.717, 1.165) is 24.1 Å². The highest BCUT2D eigenvalue weighted by Gasteiger charge is 2.44. The van der Waals surface area contributed by atoms with Crippen LogP contribution in [0.1, 0.15) is 46.2 Å². The summed E-state index contributed by atoms with van der Waals surface area (Å²) in [5, 5.41) is 9.24. The van der Waals surface area contributed by atoms with Crippen LogP contribution in [0.3, 0.4) is 0 Å². The summed E-state index contributed by atoms with van der Waals surface area (Å²) in [6.45, 7) is 0. The lowest BCUT2D eigenvalue weighted by Crippen LogP contribution is -2.43. The minimum absolute atomic E-state index is 0.0230. The van der Waals surface area contributed by atoms with Gasteiger partial charge in [0.25, 0.3) is 11.5 Å². The van der Waals surface area contributed by atoms with Gasteiger partial charge in [0, 0.05) is 24.4 Å². The third kappa shape index (κ3) is 2.94. The van der Waals surface area contributed by atoms with E-state index in [2.05, 4.69) is 9.97 Å². The molecule has 0 spiro atoms. The molecule has 0 aliphatic carbocycles. The van der Waals surface area contributed by atoms with Crippen LogP contribution in [0.5, 0.6) is 11.5 Å². The van der Waals surface area contributed by atoms with Crippen LogP contribution < -0.4 is 10.3 Å². The number of ether oxygens (including phenoxy) is 1. The van der Waals surface area contributed by atoms with Gasteiger partial charge in [-0.3, -0.25) is 9.59 Å². The van der Waals surface area contributed by atoms with Crippen molar-refractivity contribution in [2.24, 2.45) is 0 Å². The molecule has 1 amide bonds. The largest absolute Gasteiger partial charge is 0.455 e. The Labute approximate surface area is 172 Å². The Morgan fingerprint density at radius 1 is 1.20 bits per heavy atom.